The second-order valence-corrected chi connectivity index (χ2v) is 17.0. The molecule has 3 amide bonds. The minimum Gasteiger partial charge on any atom is -0.497 e. The summed E-state index contributed by atoms with van der Waals surface area (Å²) < 4.78 is 23.3. The van der Waals surface area contributed by atoms with Crippen LogP contribution in [0.25, 0.3) is 21.6 Å². The molecule has 55 heavy (non-hydrogen) atoms. The third-order valence-corrected chi connectivity index (χ3v) is 11.8. The Kier molecular flexibility index (Phi) is 11.1. The third-order valence-electron chi connectivity index (χ3n) is 10.7. The predicted molar refractivity (Wildman–Crippen MR) is 207 cm³/mol. The fourth-order valence-electron chi connectivity index (χ4n) is 7.83. The summed E-state index contributed by atoms with van der Waals surface area (Å²) in [5.41, 5.74) is 0.459. The normalized spacial score (nSPS) is 26.1. The van der Waals surface area contributed by atoms with Gasteiger partial charge in [-0.15, -0.1) is 11.3 Å². The van der Waals surface area contributed by atoms with Gasteiger partial charge in [0.15, 0.2) is 0 Å². The molecule has 0 bridgehead atoms. The Morgan fingerprint density at radius 3 is 2.69 bits per heavy atom. The van der Waals surface area contributed by atoms with Crippen molar-refractivity contribution in [1.82, 2.24) is 25.5 Å². The molecule has 14 heteroatoms. The summed E-state index contributed by atoms with van der Waals surface area (Å²) >= 11 is 1.64. The number of aromatic nitrogens is 2. The third kappa shape index (κ3) is 8.44. The van der Waals surface area contributed by atoms with Crippen LogP contribution in [0.4, 0.5) is 4.79 Å². The van der Waals surface area contributed by atoms with E-state index in [2.05, 4.69) is 10.6 Å². The van der Waals surface area contributed by atoms with Gasteiger partial charge in [-0.05, 0) is 84.8 Å². The van der Waals surface area contributed by atoms with Crippen LogP contribution in [0.3, 0.4) is 0 Å². The average molecular weight is 774 g/mol. The Labute approximate surface area is 325 Å². The molecule has 1 saturated heterocycles. The van der Waals surface area contributed by atoms with Crippen molar-refractivity contribution in [3.63, 3.8) is 0 Å². The number of allylic oxidation sites excluding steroid dienone is 1. The van der Waals surface area contributed by atoms with Crippen LogP contribution < -0.4 is 20.1 Å². The lowest BCUT2D eigenvalue weighted by Crippen LogP contribution is -2.56. The van der Waals surface area contributed by atoms with Crippen molar-refractivity contribution in [2.24, 2.45) is 5.92 Å². The number of amides is 3. The molecule has 2 aromatic heterocycles. The van der Waals surface area contributed by atoms with Crippen LogP contribution in [0, 0.1) is 5.92 Å². The predicted octanol–water partition coefficient (Wildman–Crippen LogP) is 6.06. The number of rotatable bonds is 7. The summed E-state index contributed by atoms with van der Waals surface area (Å²) in [6.45, 7) is 7.26. The Morgan fingerprint density at radius 1 is 1.09 bits per heavy atom. The molecule has 7 rings (SSSR count). The summed E-state index contributed by atoms with van der Waals surface area (Å²) in [4.78, 5) is 68.0. The largest absolute Gasteiger partial charge is 0.497 e. The fourth-order valence-corrected chi connectivity index (χ4v) is 8.94. The highest BCUT2D eigenvalue weighted by Crippen LogP contribution is 2.46. The molecule has 1 saturated carbocycles. The van der Waals surface area contributed by atoms with E-state index in [0.29, 0.717) is 42.0 Å². The molecule has 1 unspecified atom stereocenters. The smallest absolute Gasteiger partial charge is 0.408 e. The highest BCUT2D eigenvalue weighted by molar-refractivity contribution is 7.15. The molecule has 0 spiro atoms. The number of methoxy groups -OCH3 is 1. The zero-order chi connectivity index (χ0) is 38.9. The Balaban J connectivity index is 1.22. The number of thiazole rings is 1. The SMILES string of the molecule is CCOC(=O)[C@@]12C[C@@H]1/C=C\CCCCC[C@H](NC(=O)OC(C)(C)C)C(=O)N1CC(Oc3cc(-c4nc5c(s4)CCC5)nc4cc(OC)ccc34)C[C@H]1C(=O)N2. The van der Waals surface area contributed by atoms with E-state index in [-0.39, 0.29) is 25.5 Å². The van der Waals surface area contributed by atoms with Crippen LogP contribution in [0.15, 0.2) is 36.4 Å². The molecule has 1 aromatic carbocycles. The first-order valence-electron chi connectivity index (χ1n) is 19.5. The zero-order valence-corrected chi connectivity index (χ0v) is 33.1. The van der Waals surface area contributed by atoms with Crippen LogP contribution >= 0.6 is 11.3 Å². The number of carbonyl (C=O) groups is 4. The van der Waals surface area contributed by atoms with Crippen molar-refractivity contribution < 1.29 is 38.1 Å². The number of carbonyl (C=O) groups excluding carboxylic acids is 4. The van der Waals surface area contributed by atoms with Crippen molar-refractivity contribution in [2.45, 2.75) is 121 Å². The van der Waals surface area contributed by atoms with Crippen LogP contribution in [-0.2, 0) is 36.7 Å². The van der Waals surface area contributed by atoms with Gasteiger partial charge in [-0.2, -0.15) is 0 Å². The number of pyridine rings is 1. The zero-order valence-electron chi connectivity index (χ0n) is 32.3. The standard InChI is InChI=1S/C41H51N5O8S/c1-6-52-38(49)41-22-24(41)13-10-8-7-9-11-14-29(44-39(50)54-40(2,3)4)37(48)46-23-26(20-32(46)35(47)45-41)53-33-21-31(36-43-28-15-12-16-34(28)55-36)42-30-19-25(51-5)17-18-27(30)33/h10,13,17-19,21,24,26,29,32H,6-9,11-12,14-16,20,22-23H2,1-5H3,(H,44,50)(H,45,47)/b13-10-/t24-,26?,29-,32-,41+/m0/s1. The van der Waals surface area contributed by atoms with Crippen molar-refractivity contribution in [1.29, 1.82) is 0 Å². The molecule has 13 nitrogen and oxygen atoms in total. The summed E-state index contributed by atoms with van der Waals surface area (Å²) in [5, 5.41) is 7.38. The van der Waals surface area contributed by atoms with Gasteiger partial charge in [-0.3, -0.25) is 9.59 Å². The number of nitrogens with zero attached hydrogens (tertiary/aromatic N) is 3. The summed E-state index contributed by atoms with van der Waals surface area (Å²) in [5.74, 6) is -0.412. The quantitative estimate of drug-likeness (QED) is 0.214. The van der Waals surface area contributed by atoms with E-state index in [0.717, 1.165) is 54.6 Å². The van der Waals surface area contributed by atoms with Gasteiger partial charge < -0.3 is 34.5 Å². The van der Waals surface area contributed by atoms with Crippen LogP contribution in [0.2, 0.25) is 0 Å². The van der Waals surface area contributed by atoms with Gasteiger partial charge in [-0.25, -0.2) is 19.6 Å². The number of nitrogens with one attached hydrogen (secondary N) is 2. The molecule has 4 heterocycles. The van der Waals surface area contributed by atoms with Gasteiger partial charge in [0, 0.05) is 34.7 Å². The minimum atomic E-state index is -1.21. The lowest BCUT2D eigenvalue weighted by atomic mass is 10.0. The molecule has 4 aliphatic rings. The van der Waals surface area contributed by atoms with Gasteiger partial charge in [0.1, 0.15) is 51.5 Å². The maximum atomic E-state index is 14.6. The molecule has 2 aliphatic heterocycles. The number of ether oxygens (including phenoxy) is 4. The molecular weight excluding hydrogens is 723 g/mol. The summed E-state index contributed by atoms with van der Waals surface area (Å²) in [6.07, 6.45) is 9.86. The van der Waals surface area contributed by atoms with E-state index in [9.17, 15) is 19.2 Å². The molecule has 0 radical (unpaired) electrons. The van der Waals surface area contributed by atoms with Crippen LogP contribution in [0.5, 0.6) is 11.5 Å². The summed E-state index contributed by atoms with van der Waals surface area (Å²) in [7, 11) is 1.60. The molecule has 2 aliphatic carbocycles. The lowest BCUT2D eigenvalue weighted by Gasteiger charge is -2.30. The topological polar surface area (TPSA) is 158 Å². The average Bonchev–Trinajstić information content (AvgIpc) is 3.46. The second-order valence-electron chi connectivity index (χ2n) is 15.9. The van der Waals surface area contributed by atoms with E-state index >= 15 is 0 Å². The number of hydrogen-bond acceptors (Lipinski definition) is 11. The molecule has 2 N–H and O–H groups in total. The lowest BCUT2D eigenvalue weighted by molar-refractivity contribution is -0.150. The van der Waals surface area contributed by atoms with E-state index in [1.165, 1.54) is 9.78 Å². The number of benzene rings is 1. The maximum Gasteiger partial charge on any atom is 0.408 e. The first kappa shape index (κ1) is 38.6. The van der Waals surface area contributed by atoms with Gasteiger partial charge in [0.25, 0.3) is 0 Å². The monoisotopic (exact) mass is 773 g/mol. The number of aryl methyl sites for hydroxylation is 2. The number of esters is 1. The van der Waals surface area contributed by atoms with Crippen molar-refractivity contribution in [3.05, 3.63) is 47.0 Å². The van der Waals surface area contributed by atoms with Crippen LogP contribution in [-0.4, -0.2) is 88.3 Å². The molecule has 5 atom stereocenters. The van der Waals surface area contributed by atoms with Gasteiger partial charge in [0.2, 0.25) is 11.8 Å². The van der Waals surface area contributed by atoms with Crippen molar-refractivity contribution >= 4 is 46.1 Å². The van der Waals surface area contributed by atoms with E-state index in [1.807, 2.05) is 36.4 Å². The van der Waals surface area contributed by atoms with Crippen molar-refractivity contribution in [2.75, 3.05) is 20.3 Å². The fraction of sp³-hybridized carbons (Fsp3) is 0.561. The second kappa shape index (κ2) is 15.8. The van der Waals surface area contributed by atoms with Gasteiger partial charge in [-0.1, -0.05) is 25.0 Å². The minimum absolute atomic E-state index is 0.0695. The van der Waals surface area contributed by atoms with E-state index in [1.54, 1.807) is 46.1 Å². The molecule has 3 aromatic rings. The molecular formula is C41H51N5O8S. The summed E-state index contributed by atoms with van der Waals surface area (Å²) in [6, 6.07) is 5.53. The number of hydrogen-bond donors (Lipinski definition) is 2. The van der Waals surface area contributed by atoms with E-state index < -0.39 is 53.2 Å². The van der Waals surface area contributed by atoms with Gasteiger partial charge in [0.05, 0.1) is 31.5 Å². The highest BCUT2D eigenvalue weighted by Gasteiger charge is 2.62. The number of fused-ring (bicyclic) bond motifs is 4. The maximum absolute atomic E-state index is 14.6. The first-order chi connectivity index (χ1) is 26.4. The Morgan fingerprint density at radius 2 is 1.93 bits per heavy atom. The van der Waals surface area contributed by atoms with Crippen molar-refractivity contribution in [3.8, 4) is 22.2 Å². The Bertz CT molecular complexity index is 1970. The van der Waals surface area contributed by atoms with Crippen LogP contribution in [0.1, 0.15) is 89.6 Å². The molecule has 2 fully saturated rings. The highest BCUT2D eigenvalue weighted by atomic mass is 32.1. The molecule has 294 valence electrons. The number of alkyl carbamates (subject to hydrolysis) is 1. The first-order valence-corrected chi connectivity index (χ1v) is 20.3. The van der Waals surface area contributed by atoms with E-state index in [4.69, 9.17) is 28.9 Å². The Hall–Kier alpha value is -4.72. The van der Waals surface area contributed by atoms with Gasteiger partial charge >= 0.3 is 12.1 Å².